The Morgan fingerprint density at radius 3 is 3.20 bits per heavy atom. The molecular weight excluding hydrogens is 206 g/mol. The van der Waals surface area contributed by atoms with Gasteiger partial charge in [-0.2, -0.15) is 11.8 Å². The summed E-state index contributed by atoms with van der Waals surface area (Å²) >= 11 is 2.04. The van der Waals surface area contributed by atoms with Crippen LogP contribution < -0.4 is 10.6 Å². The van der Waals surface area contributed by atoms with Gasteiger partial charge in [0.1, 0.15) is 0 Å². The highest BCUT2D eigenvalue weighted by Crippen LogP contribution is 2.22. The van der Waals surface area contributed by atoms with E-state index in [1.54, 1.807) is 0 Å². The van der Waals surface area contributed by atoms with Crippen molar-refractivity contribution in [2.24, 2.45) is 5.73 Å². The van der Waals surface area contributed by atoms with E-state index in [9.17, 15) is 0 Å². The number of hydrogen-bond donors (Lipinski definition) is 1. The maximum absolute atomic E-state index is 5.72. The number of aromatic nitrogens is 1. The highest BCUT2D eigenvalue weighted by atomic mass is 32.2. The minimum absolute atomic E-state index is 0.576. The van der Waals surface area contributed by atoms with Crippen molar-refractivity contribution in [3.63, 3.8) is 0 Å². The summed E-state index contributed by atoms with van der Waals surface area (Å²) in [5, 5.41) is 0. The highest BCUT2D eigenvalue weighted by Gasteiger charge is 2.12. The molecule has 1 aliphatic rings. The smallest absolute Gasteiger partial charge is 0.0443 e. The number of anilines is 1. The normalized spacial score (nSPS) is 17.5. The van der Waals surface area contributed by atoms with Crippen LogP contribution in [0.4, 0.5) is 5.69 Å². The summed E-state index contributed by atoms with van der Waals surface area (Å²) in [5.74, 6) is 2.49. The lowest BCUT2D eigenvalue weighted by Crippen LogP contribution is -2.27. The molecule has 1 aliphatic heterocycles. The summed E-state index contributed by atoms with van der Waals surface area (Å²) in [4.78, 5) is 6.56. The zero-order chi connectivity index (χ0) is 10.5. The molecule has 2 heterocycles. The third kappa shape index (κ3) is 2.63. The van der Waals surface area contributed by atoms with Gasteiger partial charge in [0.15, 0.2) is 0 Å². The lowest BCUT2D eigenvalue weighted by Gasteiger charge is -2.24. The topological polar surface area (TPSA) is 42.1 Å². The molecule has 0 bridgehead atoms. The molecule has 1 saturated heterocycles. The van der Waals surface area contributed by atoms with E-state index in [0.29, 0.717) is 6.54 Å². The van der Waals surface area contributed by atoms with E-state index < -0.39 is 0 Å². The van der Waals surface area contributed by atoms with Gasteiger partial charge in [0.05, 0.1) is 0 Å². The average Bonchev–Trinajstić information content (AvgIpc) is 2.57. The van der Waals surface area contributed by atoms with E-state index in [4.69, 9.17) is 5.73 Å². The summed E-state index contributed by atoms with van der Waals surface area (Å²) in [5.41, 5.74) is 8.15. The van der Waals surface area contributed by atoms with Crippen LogP contribution in [0.5, 0.6) is 0 Å². The number of rotatable bonds is 2. The van der Waals surface area contributed by atoms with Crippen LogP contribution in [0, 0.1) is 0 Å². The Morgan fingerprint density at radius 1 is 1.40 bits per heavy atom. The molecule has 3 nitrogen and oxygen atoms in total. The van der Waals surface area contributed by atoms with Gasteiger partial charge in [-0.05, 0) is 18.2 Å². The van der Waals surface area contributed by atoms with Crippen molar-refractivity contribution in [2.75, 3.05) is 29.5 Å². The van der Waals surface area contributed by atoms with Crippen molar-refractivity contribution in [1.82, 2.24) is 4.98 Å². The third-order valence-corrected chi connectivity index (χ3v) is 3.71. The van der Waals surface area contributed by atoms with Crippen LogP contribution in [0.2, 0.25) is 0 Å². The van der Waals surface area contributed by atoms with Crippen molar-refractivity contribution in [2.45, 2.75) is 13.0 Å². The van der Waals surface area contributed by atoms with Crippen LogP contribution in [0.1, 0.15) is 12.0 Å². The van der Waals surface area contributed by atoms with Gasteiger partial charge < -0.3 is 10.6 Å². The molecule has 0 unspecified atom stereocenters. The monoisotopic (exact) mass is 223 g/mol. The largest absolute Gasteiger partial charge is 0.370 e. The van der Waals surface area contributed by atoms with Gasteiger partial charge in [0, 0.05) is 49.0 Å². The predicted octanol–water partition coefficient (Wildman–Crippen LogP) is 1.48. The van der Waals surface area contributed by atoms with Crippen LogP contribution in [0.15, 0.2) is 18.5 Å². The SMILES string of the molecule is NCc1cnccc1N1CCCSCC1. The molecule has 0 atom stereocenters. The number of pyridine rings is 1. The quantitative estimate of drug-likeness (QED) is 0.824. The molecule has 0 aromatic carbocycles. The van der Waals surface area contributed by atoms with Gasteiger partial charge in [-0.25, -0.2) is 0 Å². The highest BCUT2D eigenvalue weighted by molar-refractivity contribution is 7.99. The molecule has 0 spiro atoms. The molecule has 0 aliphatic carbocycles. The Kier molecular flexibility index (Phi) is 3.86. The fraction of sp³-hybridized carbons (Fsp3) is 0.545. The summed E-state index contributed by atoms with van der Waals surface area (Å²) in [6.45, 7) is 2.85. The molecule has 1 fully saturated rings. The first kappa shape index (κ1) is 10.8. The zero-order valence-electron chi connectivity index (χ0n) is 8.85. The number of nitrogens with two attached hydrogens (primary N) is 1. The zero-order valence-corrected chi connectivity index (χ0v) is 9.67. The molecule has 0 radical (unpaired) electrons. The molecule has 0 amide bonds. The third-order valence-electron chi connectivity index (χ3n) is 2.66. The molecule has 4 heteroatoms. The van der Waals surface area contributed by atoms with Gasteiger partial charge in [-0.3, -0.25) is 4.98 Å². The fourth-order valence-electron chi connectivity index (χ4n) is 1.87. The Hall–Kier alpha value is -0.740. The molecule has 15 heavy (non-hydrogen) atoms. The van der Waals surface area contributed by atoms with Crippen LogP contribution in [0.25, 0.3) is 0 Å². The predicted molar refractivity (Wildman–Crippen MR) is 66.3 cm³/mol. The summed E-state index contributed by atoms with van der Waals surface area (Å²) in [6, 6.07) is 2.08. The molecular formula is C11H17N3S. The van der Waals surface area contributed by atoms with E-state index in [0.717, 1.165) is 18.7 Å². The number of nitrogens with zero attached hydrogens (tertiary/aromatic N) is 2. The van der Waals surface area contributed by atoms with E-state index in [1.165, 1.54) is 23.6 Å². The maximum atomic E-state index is 5.72. The Balaban J connectivity index is 2.18. The first-order chi connectivity index (χ1) is 7.42. The Labute approximate surface area is 95.1 Å². The van der Waals surface area contributed by atoms with Crippen molar-refractivity contribution in [3.05, 3.63) is 24.0 Å². The lowest BCUT2D eigenvalue weighted by atomic mass is 10.2. The minimum atomic E-state index is 0.576. The summed E-state index contributed by atoms with van der Waals surface area (Å²) in [7, 11) is 0. The minimum Gasteiger partial charge on any atom is -0.370 e. The van der Waals surface area contributed by atoms with Crippen molar-refractivity contribution in [3.8, 4) is 0 Å². The second-order valence-corrected chi connectivity index (χ2v) is 4.89. The van der Waals surface area contributed by atoms with Gasteiger partial charge >= 0.3 is 0 Å². The first-order valence-corrected chi connectivity index (χ1v) is 6.53. The molecule has 1 aromatic heterocycles. The van der Waals surface area contributed by atoms with E-state index in [-0.39, 0.29) is 0 Å². The number of thioether (sulfide) groups is 1. The van der Waals surface area contributed by atoms with E-state index >= 15 is 0 Å². The maximum Gasteiger partial charge on any atom is 0.0443 e. The van der Waals surface area contributed by atoms with Crippen LogP contribution in [0.3, 0.4) is 0 Å². The van der Waals surface area contributed by atoms with Crippen molar-refractivity contribution in [1.29, 1.82) is 0 Å². The van der Waals surface area contributed by atoms with Crippen molar-refractivity contribution >= 4 is 17.4 Å². The molecule has 82 valence electrons. The van der Waals surface area contributed by atoms with Crippen LogP contribution in [-0.4, -0.2) is 29.6 Å². The standard InChI is InChI=1S/C11H17N3S/c12-8-10-9-13-3-2-11(10)14-4-1-6-15-7-5-14/h2-3,9H,1,4-8,12H2. The van der Waals surface area contributed by atoms with Gasteiger partial charge in [-0.1, -0.05) is 0 Å². The average molecular weight is 223 g/mol. The van der Waals surface area contributed by atoms with Crippen molar-refractivity contribution < 1.29 is 0 Å². The van der Waals surface area contributed by atoms with Gasteiger partial charge in [0.25, 0.3) is 0 Å². The molecule has 2 N–H and O–H groups in total. The molecule has 2 rings (SSSR count). The Bertz CT molecular complexity index is 308. The summed E-state index contributed by atoms with van der Waals surface area (Å²) < 4.78 is 0. The molecule has 1 aromatic rings. The second kappa shape index (κ2) is 5.37. The summed E-state index contributed by atoms with van der Waals surface area (Å²) in [6.07, 6.45) is 5.00. The van der Waals surface area contributed by atoms with Crippen LogP contribution in [-0.2, 0) is 6.54 Å². The first-order valence-electron chi connectivity index (χ1n) is 5.37. The Morgan fingerprint density at radius 2 is 2.33 bits per heavy atom. The number of hydrogen-bond acceptors (Lipinski definition) is 4. The van der Waals surface area contributed by atoms with Crippen LogP contribution >= 0.6 is 11.8 Å². The molecule has 0 saturated carbocycles. The lowest BCUT2D eigenvalue weighted by molar-refractivity contribution is 0.806. The second-order valence-electron chi connectivity index (χ2n) is 3.66. The van der Waals surface area contributed by atoms with E-state index in [1.807, 2.05) is 24.2 Å². The fourth-order valence-corrected chi connectivity index (χ4v) is 2.76. The van der Waals surface area contributed by atoms with E-state index in [2.05, 4.69) is 16.0 Å². The van der Waals surface area contributed by atoms with Gasteiger partial charge in [-0.15, -0.1) is 0 Å². The van der Waals surface area contributed by atoms with Gasteiger partial charge in [0.2, 0.25) is 0 Å².